The molecule has 3 atom stereocenters. The fourth-order valence-electron chi connectivity index (χ4n) is 2.57. The highest BCUT2D eigenvalue weighted by molar-refractivity contribution is 8.14. The first-order chi connectivity index (χ1) is 8.70. The molecular weight excluding hydrogens is 268 g/mol. The van der Waals surface area contributed by atoms with Gasteiger partial charge < -0.3 is 11.5 Å². The number of hydrazone groups is 1. The van der Waals surface area contributed by atoms with Crippen LogP contribution < -0.4 is 16.9 Å². The molecule has 1 saturated carbocycles. The van der Waals surface area contributed by atoms with Crippen molar-refractivity contribution in [2.45, 2.75) is 37.1 Å². The topological polar surface area (TPSA) is 102 Å². The van der Waals surface area contributed by atoms with Crippen molar-refractivity contribution in [3.05, 3.63) is 5.01 Å². The Hall–Kier alpha value is -0.860. The van der Waals surface area contributed by atoms with Crippen molar-refractivity contribution in [3.63, 3.8) is 0 Å². The van der Waals surface area contributed by atoms with Crippen molar-refractivity contribution in [3.8, 4) is 0 Å². The van der Waals surface area contributed by atoms with E-state index in [1.807, 2.05) is 0 Å². The van der Waals surface area contributed by atoms with Gasteiger partial charge in [-0.3, -0.25) is 5.43 Å². The van der Waals surface area contributed by atoms with E-state index < -0.39 is 0 Å². The van der Waals surface area contributed by atoms with E-state index in [4.69, 9.17) is 11.5 Å². The molecule has 2 heterocycles. The molecule has 0 amide bonds. The minimum Gasteiger partial charge on any atom is -0.374 e. The predicted octanol–water partition coefficient (Wildman–Crippen LogP) is 1.29. The van der Waals surface area contributed by atoms with Gasteiger partial charge in [0.15, 0.2) is 0 Å². The van der Waals surface area contributed by atoms with Gasteiger partial charge in [-0.15, -0.1) is 10.2 Å². The third-order valence-corrected chi connectivity index (χ3v) is 5.19. The molecule has 18 heavy (non-hydrogen) atoms. The largest absolute Gasteiger partial charge is 0.374 e. The van der Waals surface area contributed by atoms with Crippen molar-refractivity contribution in [1.82, 2.24) is 15.6 Å². The molecular formula is C10H16N6S2. The van der Waals surface area contributed by atoms with Crippen LogP contribution in [0.5, 0.6) is 0 Å². The number of nitrogen functional groups attached to an aromatic ring is 1. The molecule has 1 aliphatic carbocycles. The standard InChI is InChI=1S/C10H16N6S2/c11-9-15-13-7(17-9)4-5-1-2-6(3-5)8-14-16-10(12)18-8/h5-6,9,15H,1-4,11H2,(H2,12,16)/t5?,6-,9?/m0/s1. The van der Waals surface area contributed by atoms with Gasteiger partial charge in [0, 0.05) is 12.3 Å². The highest BCUT2D eigenvalue weighted by atomic mass is 32.2. The molecule has 0 saturated heterocycles. The third-order valence-electron chi connectivity index (χ3n) is 3.39. The molecule has 98 valence electrons. The van der Waals surface area contributed by atoms with Gasteiger partial charge in [-0.1, -0.05) is 23.1 Å². The van der Waals surface area contributed by atoms with Crippen LogP contribution in [0, 0.1) is 5.92 Å². The molecule has 0 aromatic carbocycles. The van der Waals surface area contributed by atoms with Crippen LogP contribution in [-0.2, 0) is 0 Å². The van der Waals surface area contributed by atoms with Crippen molar-refractivity contribution < 1.29 is 0 Å². The maximum Gasteiger partial charge on any atom is 0.203 e. The number of rotatable bonds is 3. The number of nitrogens with one attached hydrogen (secondary N) is 1. The average Bonchev–Trinajstić information content (AvgIpc) is 3.01. The molecule has 0 radical (unpaired) electrons. The fraction of sp³-hybridized carbons (Fsp3) is 0.700. The van der Waals surface area contributed by atoms with Crippen molar-refractivity contribution >= 4 is 33.3 Å². The van der Waals surface area contributed by atoms with Crippen molar-refractivity contribution in [1.29, 1.82) is 0 Å². The Morgan fingerprint density at radius 1 is 1.33 bits per heavy atom. The lowest BCUT2D eigenvalue weighted by Gasteiger charge is -2.08. The minimum absolute atomic E-state index is 0.0693. The lowest BCUT2D eigenvalue weighted by atomic mass is 10.0. The Kier molecular flexibility index (Phi) is 3.40. The molecule has 3 rings (SSSR count). The molecule has 8 heteroatoms. The van der Waals surface area contributed by atoms with E-state index in [1.165, 1.54) is 24.2 Å². The summed E-state index contributed by atoms with van der Waals surface area (Å²) >= 11 is 3.14. The molecule has 0 spiro atoms. The van der Waals surface area contributed by atoms with Crippen LogP contribution in [0.25, 0.3) is 0 Å². The van der Waals surface area contributed by atoms with E-state index in [-0.39, 0.29) is 5.50 Å². The van der Waals surface area contributed by atoms with E-state index in [0.717, 1.165) is 22.9 Å². The number of nitrogens with two attached hydrogens (primary N) is 2. The predicted molar refractivity (Wildman–Crippen MR) is 75.2 cm³/mol. The minimum atomic E-state index is -0.0693. The fourth-order valence-corrected chi connectivity index (χ4v) is 4.17. The van der Waals surface area contributed by atoms with E-state index in [1.54, 1.807) is 11.8 Å². The number of anilines is 1. The summed E-state index contributed by atoms with van der Waals surface area (Å²) in [7, 11) is 0. The van der Waals surface area contributed by atoms with Gasteiger partial charge in [-0.2, -0.15) is 5.10 Å². The lowest BCUT2D eigenvalue weighted by Crippen LogP contribution is -2.25. The van der Waals surface area contributed by atoms with Gasteiger partial charge in [0.2, 0.25) is 5.13 Å². The van der Waals surface area contributed by atoms with Gasteiger partial charge in [0.25, 0.3) is 0 Å². The molecule has 5 N–H and O–H groups in total. The second kappa shape index (κ2) is 5.02. The number of aromatic nitrogens is 2. The van der Waals surface area contributed by atoms with Crippen LogP contribution in [0.2, 0.25) is 0 Å². The van der Waals surface area contributed by atoms with Gasteiger partial charge in [-0.25, -0.2) is 0 Å². The molecule has 1 aliphatic heterocycles. The Bertz CT molecular complexity index is 459. The first-order valence-electron chi connectivity index (χ1n) is 6.04. The molecule has 2 aliphatic rings. The summed E-state index contributed by atoms with van der Waals surface area (Å²) < 4.78 is 0. The Morgan fingerprint density at radius 3 is 2.89 bits per heavy atom. The Labute approximate surface area is 114 Å². The lowest BCUT2D eigenvalue weighted by molar-refractivity contribution is 0.561. The van der Waals surface area contributed by atoms with Crippen molar-refractivity contribution in [2.24, 2.45) is 16.8 Å². The highest BCUT2D eigenvalue weighted by Crippen LogP contribution is 2.42. The average molecular weight is 284 g/mol. The summed E-state index contributed by atoms with van der Waals surface area (Å²) in [4.78, 5) is 0. The molecule has 6 nitrogen and oxygen atoms in total. The van der Waals surface area contributed by atoms with Gasteiger partial charge in [0.1, 0.15) is 10.5 Å². The number of thioether (sulfide) groups is 1. The summed E-state index contributed by atoms with van der Waals surface area (Å²) in [5.74, 6) is 1.21. The molecule has 1 aromatic rings. The van der Waals surface area contributed by atoms with Crippen LogP contribution >= 0.6 is 23.1 Å². The molecule has 1 aromatic heterocycles. The number of nitrogens with zero attached hydrogens (tertiary/aromatic N) is 3. The van der Waals surface area contributed by atoms with Gasteiger partial charge >= 0.3 is 0 Å². The van der Waals surface area contributed by atoms with E-state index in [0.29, 0.717) is 17.0 Å². The highest BCUT2D eigenvalue weighted by Gasteiger charge is 2.30. The molecule has 2 unspecified atom stereocenters. The Morgan fingerprint density at radius 2 is 2.22 bits per heavy atom. The second-order valence-electron chi connectivity index (χ2n) is 4.73. The monoisotopic (exact) mass is 284 g/mol. The molecule has 1 fully saturated rings. The van der Waals surface area contributed by atoms with Crippen molar-refractivity contribution in [2.75, 3.05) is 5.73 Å². The summed E-state index contributed by atoms with van der Waals surface area (Å²) in [6, 6.07) is 0. The van der Waals surface area contributed by atoms with E-state index >= 15 is 0 Å². The Balaban J connectivity index is 1.55. The third kappa shape index (κ3) is 2.60. The second-order valence-corrected chi connectivity index (χ2v) is 6.99. The van der Waals surface area contributed by atoms with Gasteiger partial charge in [-0.05, 0) is 25.2 Å². The van der Waals surface area contributed by atoms with Crippen LogP contribution in [0.3, 0.4) is 0 Å². The van der Waals surface area contributed by atoms with Crippen LogP contribution in [0.4, 0.5) is 5.13 Å². The first kappa shape index (κ1) is 12.2. The summed E-state index contributed by atoms with van der Waals surface area (Å²) in [5, 5.41) is 15.1. The quantitative estimate of drug-likeness (QED) is 0.773. The number of hydrogen-bond donors (Lipinski definition) is 3. The SMILES string of the molecule is Nc1nnc([C@H]2CCC(CC3=NNC(N)S3)C2)s1. The smallest absolute Gasteiger partial charge is 0.203 e. The van der Waals surface area contributed by atoms with Gasteiger partial charge in [0.05, 0.1) is 5.04 Å². The summed E-state index contributed by atoms with van der Waals surface area (Å²) in [5.41, 5.74) is 14.2. The van der Waals surface area contributed by atoms with E-state index in [2.05, 4.69) is 20.7 Å². The van der Waals surface area contributed by atoms with Crippen LogP contribution in [0.1, 0.15) is 36.6 Å². The van der Waals surface area contributed by atoms with E-state index in [9.17, 15) is 0 Å². The first-order valence-corrected chi connectivity index (χ1v) is 7.73. The zero-order valence-corrected chi connectivity index (χ0v) is 11.5. The summed E-state index contributed by atoms with van der Waals surface area (Å²) in [6.45, 7) is 0. The van der Waals surface area contributed by atoms with Crippen LogP contribution in [0.15, 0.2) is 5.10 Å². The normalized spacial score (nSPS) is 31.4. The van der Waals surface area contributed by atoms with Crippen LogP contribution in [-0.4, -0.2) is 20.7 Å². The summed E-state index contributed by atoms with van der Waals surface area (Å²) in [6.07, 6.45) is 4.58. The number of hydrogen-bond acceptors (Lipinski definition) is 8. The molecule has 0 bridgehead atoms. The zero-order valence-electron chi connectivity index (χ0n) is 9.87. The maximum absolute atomic E-state index is 5.73. The maximum atomic E-state index is 5.73. The zero-order chi connectivity index (χ0) is 12.5.